The molecule has 8 heteroatoms. The first kappa shape index (κ1) is 17.1. The van der Waals surface area contributed by atoms with Gasteiger partial charge in [0.1, 0.15) is 0 Å². The lowest BCUT2D eigenvalue weighted by Gasteiger charge is -2.17. The van der Waals surface area contributed by atoms with Gasteiger partial charge in [-0.1, -0.05) is 6.92 Å². The van der Waals surface area contributed by atoms with Gasteiger partial charge in [0.25, 0.3) is 10.2 Å². The van der Waals surface area contributed by atoms with Crippen LogP contribution in [0.4, 0.5) is 0 Å². The summed E-state index contributed by atoms with van der Waals surface area (Å²) in [4.78, 5) is 12.0. The van der Waals surface area contributed by atoms with Gasteiger partial charge in [-0.3, -0.25) is 4.79 Å². The number of carbonyl (C=O) groups is 1. The van der Waals surface area contributed by atoms with Crippen molar-refractivity contribution < 1.29 is 17.9 Å². The van der Waals surface area contributed by atoms with Crippen LogP contribution in [0.25, 0.3) is 0 Å². The Bertz CT molecular complexity index is 539. The number of rotatable bonds is 8. The maximum Gasteiger partial charge on any atom is 0.306 e. The van der Waals surface area contributed by atoms with Gasteiger partial charge in [-0.05, 0) is 23.4 Å². The Morgan fingerprint density at radius 2 is 2.20 bits per heavy atom. The lowest BCUT2D eigenvalue weighted by atomic mass is 10.2. The molecule has 0 spiro atoms. The number of nitrogens with one attached hydrogen (secondary N) is 1. The monoisotopic (exact) mass is 320 g/mol. The van der Waals surface area contributed by atoms with E-state index in [0.717, 1.165) is 21.2 Å². The van der Waals surface area contributed by atoms with Gasteiger partial charge in [-0.15, -0.1) is 11.3 Å². The second-order valence-corrected chi connectivity index (χ2v) is 7.06. The highest BCUT2D eigenvalue weighted by atomic mass is 32.2. The maximum absolute atomic E-state index is 12.0. The van der Waals surface area contributed by atoms with Gasteiger partial charge >= 0.3 is 5.97 Å². The molecule has 0 bridgehead atoms. The molecule has 0 saturated carbocycles. The minimum atomic E-state index is -3.58. The van der Waals surface area contributed by atoms with E-state index in [9.17, 15) is 13.2 Å². The van der Waals surface area contributed by atoms with Gasteiger partial charge in [-0.25, -0.2) is 0 Å². The van der Waals surface area contributed by atoms with Crippen LogP contribution in [0.15, 0.2) is 11.4 Å². The highest BCUT2D eigenvalue weighted by molar-refractivity contribution is 7.87. The van der Waals surface area contributed by atoms with E-state index in [1.807, 2.05) is 18.4 Å². The highest BCUT2D eigenvalue weighted by Crippen LogP contribution is 2.17. The quantitative estimate of drug-likeness (QED) is 0.729. The summed E-state index contributed by atoms with van der Waals surface area (Å²) >= 11 is 1.53. The van der Waals surface area contributed by atoms with Gasteiger partial charge in [0.05, 0.1) is 13.5 Å². The van der Waals surface area contributed by atoms with Crippen molar-refractivity contribution in [2.24, 2.45) is 0 Å². The molecule has 0 amide bonds. The molecule has 1 N–H and O–H groups in total. The first-order valence-electron chi connectivity index (χ1n) is 6.23. The molecule has 1 heterocycles. The van der Waals surface area contributed by atoms with Crippen LogP contribution in [0.5, 0.6) is 0 Å². The van der Waals surface area contributed by atoms with Gasteiger partial charge in [0.2, 0.25) is 0 Å². The van der Waals surface area contributed by atoms with Crippen LogP contribution in [-0.2, 0) is 32.7 Å². The van der Waals surface area contributed by atoms with Crippen LogP contribution in [-0.4, -0.2) is 39.4 Å². The zero-order valence-electron chi connectivity index (χ0n) is 11.9. The van der Waals surface area contributed by atoms with Gasteiger partial charge in [0.15, 0.2) is 0 Å². The molecule has 0 aromatic carbocycles. The smallest absolute Gasteiger partial charge is 0.306 e. The number of methoxy groups -OCH3 is 1. The van der Waals surface area contributed by atoms with Crippen LogP contribution in [0.3, 0.4) is 0 Å². The van der Waals surface area contributed by atoms with Crippen molar-refractivity contribution >= 4 is 27.5 Å². The van der Waals surface area contributed by atoms with E-state index in [-0.39, 0.29) is 19.5 Å². The Labute approximate surface area is 123 Å². The molecule has 0 atom stereocenters. The molecule has 1 aromatic rings. The number of hydrogen-bond donors (Lipinski definition) is 1. The summed E-state index contributed by atoms with van der Waals surface area (Å²) in [6, 6.07) is 2.00. The third kappa shape index (κ3) is 4.86. The fourth-order valence-corrected chi connectivity index (χ4v) is 3.46. The number of hydrogen-bond acceptors (Lipinski definition) is 5. The Kier molecular flexibility index (Phi) is 6.60. The molecule has 0 fully saturated rings. The van der Waals surface area contributed by atoms with E-state index >= 15 is 0 Å². The second kappa shape index (κ2) is 7.72. The zero-order valence-corrected chi connectivity index (χ0v) is 13.5. The number of thiophene rings is 1. The van der Waals surface area contributed by atoms with Crippen LogP contribution < -0.4 is 4.72 Å². The summed E-state index contributed by atoms with van der Waals surface area (Å²) in [6.45, 7) is 2.39. The first-order valence-corrected chi connectivity index (χ1v) is 8.55. The van der Waals surface area contributed by atoms with E-state index in [1.54, 1.807) is 0 Å². The summed E-state index contributed by atoms with van der Waals surface area (Å²) in [5.41, 5.74) is 1.15. The van der Waals surface area contributed by atoms with E-state index in [4.69, 9.17) is 0 Å². The van der Waals surface area contributed by atoms with Crippen LogP contribution in [0, 0.1) is 0 Å². The fraction of sp³-hybridized carbons (Fsp3) is 0.583. The van der Waals surface area contributed by atoms with Gasteiger partial charge in [-0.2, -0.15) is 17.4 Å². The van der Waals surface area contributed by atoms with Gasteiger partial charge in [0, 0.05) is 25.0 Å². The number of ether oxygens (including phenoxy) is 1. The normalized spacial score (nSPS) is 11.8. The molecule has 0 unspecified atom stereocenters. The average Bonchev–Trinajstić information content (AvgIpc) is 2.89. The maximum atomic E-state index is 12.0. The Morgan fingerprint density at radius 1 is 1.50 bits per heavy atom. The zero-order chi connectivity index (χ0) is 15.2. The third-order valence-corrected chi connectivity index (χ3v) is 5.38. The molecule has 0 aliphatic carbocycles. The summed E-state index contributed by atoms with van der Waals surface area (Å²) in [5.74, 6) is -0.432. The summed E-state index contributed by atoms with van der Waals surface area (Å²) in [7, 11) is -0.876. The van der Waals surface area contributed by atoms with Crippen molar-refractivity contribution in [3.8, 4) is 0 Å². The average molecular weight is 320 g/mol. The second-order valence-electron chi connectivity index (χ2n) is 4.20. The summed E-state index contributed by atoms with van der Waals surface area (Å²) < 4.78 is 32.1. The third-order valence-electron chi connectivity index (χ3n) is 2.90. The Hall–Kier alpha value is -0.960. The first-order chi connectivity index (χ1) is 9.40. The molecule has 0 aliphatic rings. The summed E-state index contributed by atoms with van der Waals surface area (Å²) in [6.07, 6.45) is 0.909. The molecule has 1 rings (SSSR count). The van der Waals surface area contributed by atoms with E-state index < -0.39 is 16.2 Å². The van der Waals surface area contributed by atoms with Crippen molar-refractivity contribution in [2.45, 2.75) is 26.3 Å². The predicted octanol–water partition coefficient (Wildman–Crippen LogP) is 1.14. The molecule has 1 aromatic heterocycles. The van der Waals surface area contributed by atoms with Crippen molar-refractivity contribution in [2.75, 3.05) is 20.7 Å². The number of aryl methyl sites for hydroxylation is 1. The Balaban J connectivity index is 2.54. The van der Waals surface area contributed by atoms with Crippen LogP contribution in [0.2, 0.25) is 0 Å². The van der Waals surface area contributed by atoms with Crippen molar-refractivity contribution in [1.29, 1.82) is 0 Å². The number of nitrogens with zero attached hydrogens (tertiary/aromatic N) is 1. The molecule has 0 saturated heterocycles. The van der Waals surface area contributed by atoms with Gasteiger partial charge < -0.3 is 4.74 Å². The van der Waals surface area contributed by atoms with E-state index in [2.05, 4.69) is 9.46 Å². The highest BCUT2D eigenvalue weighted by Gasteiger charge is 2.18. The number of carbonyl (C=O) groups excluding carboxylic acids is 1. The molecular weight excluding hydrogens is 300 g/mol. The molecule has 20 heavy (non-hydrogen) atoms. The molecule has 114 valence electrons. The lowest BCUT2D eigenvalue weighted by Crippen LogP contribution is -2.38. The van der Waals surface area contributed by atoms with Crippen LogP contribution in [0.1, 0.15) is 23.8 Å². The minimum Gasteiger partial charge on any atom is -0.469 e. The number of esters is 1. The molecule has 0 aliphatic heterocycles. The molecule has 0 radical (unpaired) electrons. The lowest BCUT2D eigenvalue weighted by molar-refractivity contribution is -0.140. The van der Waals surface area contributed by atoms with Crippen molar-refractivity contribution in [1.82, 2.24) is 9.03 Å². The van der Waals surface area contributed by atoms with E-state index in [0.29, 0.717) is 0 Å². The molecule has 6 nitrogen and oxygen atoms in total. The topological polar surface area (TPSA) is 75.7 Å². The van der Waals surface area contributed by atoms with Crippen molar-refractivity contribution in [3.05, 3.63) is 21.9 Å². The van der Waals surface area contributed by atoms with Crippen molar-refractivity contribution in [3.63, 3.8) is 0 Å². The Morgan fingerprint density at radius 3 is 2.80 bits per heavy atom. The fourth-order valence-electron chi connectivity index (χ4n) is 1.58. The SMILES string of the molecule is CCc1ccsc1CNS(=O)(=O)N(C)CCC(=O)OC. The molecular formula is C12H20N2O4S2. The predicted molar refractivity (Wildman–Crippen MR) is 78.7 cm³/mol. The standard InChI is InChI=1S/C12H20N2O4S2/c1-4-10-6-8-19-11(10)9-13-20(16,17)14(2)7-5-12(15)18-3/h6,8,13H,4-5,7,9H2,1-3H3. The van der Waals surface area contributed by atoms with E-state index in [1.165, 1.54) is 25.5 Å². The minimum absolute atomic E-state index is 0.0348. The van der Waals surface area contributed by atoms with Crippen LogP contribution >= 0.6 is 11.3 Å². The largest absolute Gasteiger partial charge is 0.469 e. The summed E-state index contributed by atoms with van der Waals surface area (Å²) in [5, 5.41) is 1.95.